The van der Waals surface area contributed by atoms with E-state index in [1.165, 1.54) is 16.0 Å². The fourth-order valence-electron chi connectivity index (χ4n) is 9.74. The second-order valence-electron chi connectivity index (χ2n) is 17.0. The van der Waals surface area contributed by atoms with Crippen molar-refractivity contribution in [2.45, 2.75) is 62.7 Å². The van der Waals surface area contributed by atoms with E-state index in [1.54, 1.807) is 31.3 Å². The van der Waals surface area contributed by atoms with Crippen LogP contribution in [0.5, 0.6) is 0 Å². The number of β-lactam (4-membered cyclic amide) rings is 1. The van der Waals surface area contributed by atoms with Crippen LogP contribution in [0.3, 0.4) is 0 Å². The van der Waals surface area contributed by atoms with E-state index in [4.69, 9.17) is 9.97 Å². The number of thiazole rings is 1. The molecule has 64 heavy (non-hydrogen) atoms. The van der Waals surface area contributed by atoms with Crippen LogP contribution in [0.15, 0.2) is 42.5 Å². The summed E-state index contributed by atoms with van der Waals surface area (Å²) in [4.78, 5) is 38.4. The average molecular weight is 931 g/mol. The van der Waals surface area contributed by atoms with Crippen molar-refractivity contribution in [2.24, 2.45) is 18.4 Å². The number of carbonyl (C=O) groups is 2. The third kappa shape index (κ3) is 7.01. The maximum absolute atomic E-state index is 15.8. The fraction of sp³-hybridized carbons (Fsp3) is 0.415. The zero-order chi connectivity index (χ0) is 45.2. The number of anilines is 2. The molecular formula is C41H37F7N10O4S2. The number of hydrogen-bond acceptors (Lipinski definition) is 10. The van der Waals surface area contributed by atoms with Crippen molar-refractivity contribution < 1.29 is 48.7 Å². The first-order valence-corrected chi connectivity index (χ1v) is 23.0. The Kier molecular flexibility index (Phi) is 9.60. The number of alkyl halides is 5. The molecule has 3 atom stereocenters. The van der Waals surface area contributed by atoms with Gasteiger partial charge in [0.05, 0.1) is 33.6 Å². The SMILES string of the molecule is Cn1nc(NS(C)(=O)=O)c2cccc(-c3cc4sc(N5CCC6(CC5)CNC6=O)nc4nc3[C@H](Cc3cc(F)cc(F)c3)NC(=O)Cn3nc(C(F)(F)F)c4c3C(F)(F)[C@@H]3CC[C@H]43)c21. The number of nitrogens with zero attached hydrogens (tertiary/aromatic N) is 7. The molecule has 2 aliphatic carbocycles. The highest BCUT2D eigenvalue weighted by molar-refractivity contribution is 7.92. The Morgan fingerprint density at radius 1 is 1.03 bits per heavy atom. The minimum absolute atomic E-state index is 0.00227. The van der Waals surface area contributed by atoms with Crippen molar-refractivity contribution >= 4 is 65.4 Å². The van der Waals surface area contributed by atoms with Gasteiger partial charge in [0.1, 0.15) is 23.9 Å². The number of carbonyl (C=O) groups excluding carboxylic acids is 2. The second kappa shape index (κ2) is 14.6. The molecule has 1 saturated carbocycles. The van der Waals surface area contributed by atoms with Crippen LogP contribution in [0.4, 0.5) is 41.7 Å². The Hall–Kier alpha value is -5.84. The van der Waals surface area contributed by atoms with Gasteiger partial charge in [-0.2, -0.15) is 37.1 Å². The van der Waals surface area contributed by atoms with E-state index in [2.05, 4.69) is 25.6 Å². The van der Waals surface area contributed by atoms with Gasteiger partial charge in [0, 0.05) is 60.7 Å². The van der Waals surface area contributed by atoms with E-state index in [9.17, 15) is 40.0 Å². The number of para-hydroxylation sites is 1. The van der Waals surface area contributed by atoms with Gasteiger partial charge in [-0.1, -0.05) is 23.5 Å². The number of piperidine rings is 1. The lowest BCUT2D eigenvalue weighted by atomic mass is 9.73. The molecule has 2 aliphatic heterocycles. The van der Waals surface area contributed by atoms with Crippen LogP contribution in [0.2, 0.25) is 0 Å². The number of nitrogens with one attached hydrogen (secondary N) is 3. The molecule has 0 radical (unpaired) electrons. The molecule has 2 amide bonds. The first-order chi connectivity index (χ1) is 30.2. The summed E-state index contributed by atoms with van der Waals surface area (Å²) in [5.74, 6) is -9.03. The van der Waals surface area contributed by atoms with Gasteiger partial charge in [-0.15, -0.1) is 0 Å². The van der Waals surface area contributed by atoms with Crippen LogP contribution in [-0.2, 0) is 51.7 Å². The zero-order valence-electron chi connectivity index (χ0n) is 33.9. The van der Waals surface area contributed by atoms with Gasteiger partial charge >= 0.3 is 6.18 Å². The molecule has 10 rings (SSSR count). The molecule has 4 aliphatic rings. The van der Waals surface area contributed by atoms with Crippen molar-refractivity contribution in [2.75, 3.05) is 35.5 Å². The number of rotatable bonds is 10. The van der Waals surface area contributed by atoms with Gasteiger partial charge in [-0.3, -0.25) is 23.7 Å². The highest BCUT2D eigenvalue weighted by Crippen LogP contribution is 2.64. The van der Waals surface area contributed by atoms with Crippen molar-refractivity contribution in [3.8, 4) is 11.1 Å². The van der Waals surface area contributed by atoms with E-state index < -0.39 is 86.5 Å². The van der Waals surface area contributed by atoms with Crippen LogP contribution < -0.4 is 20.3 Å². The summed E-state index contributed by atoms with van der Waals surface area (Å²) in [5.41, 5.74) is -2.01. The maximum Gasteiger partial charge on any atom is 0.435 e. The summed E-state index contributed by atoms with van der Waals surface area (Å²) in [5, 5.41) is 14.4. The van der Waals surface area contributed by atoms with E-state index in [1.807, 2.05) is 4.90 Å². The maximum atomic E-state index is 15.8. The normalized spacial score (nSPS) is 20.5. The Balaban J connectivity index is 1.11. The van der Waals surface area contributed by atoms with Gasteiger partial charge in [-0.05, 0) is 67.9 Å². The van der Waals surface area contributed by atoms with Gasteiger partial charge in [0.15, 0.2) is 22.3 Å². The standard InChI is InChI=1S/C41H37F7N10O4S2/c1-56-32-22(4-3-5-24(32)35(54-56)55-64(2,61)62)25-16-28-36(52-38(63-28)57-10-8-39(9-11-57)18-49-37(39)60)51-31(25)27(14-19-12-20(42)15-21(43)13-19)50-29(59)17-58-34-30(33(53-58)41(46,47)48)23-6-7-26(23)40(34,44)45/h3-5,12-13,15-16,23,26-27H,6-11,14,17-18H2,1-2H3,(H,49,60)(H,50,59)(H,54,55)/t23-,26+,27-/m0/s1. The van der Waals surface area contributed by atoms with Crippen LogP contribution in [0, 0.1) is 23.0 Å². The number of halogens is 7. The summed E-state index contributed by atoms with van der Waals surface area (Å²) >= 11 is 1.30. The van der Waals surface area contributed by atoms with Crippen molar-refractivity contribution in [1.82, 2.24) is 40.2 Å². The molecule has 3 N–H and O–H groups in total. The number of pyridine rings is 1. The first kappa shape index (κ1) is 42.1. The van der Waals surface area contributed by atoms with E-state index >= 15 is 8.78 Å². The minimum Gasteiger partial charge on any atom is -0.354 e. The van der Waals surface area contributed by atoms with Gasteiger partial charge < -0.3 is 15.5 Å². The monoisotopic (exact) mass is 930 g/mol. The molecule has 336 valence electrons. The third-order valence-corrected chi connectivity index (χ3v) is 14.5. The lowest BCUT2D eigenvalue weighted by Crippen LogP contribution is -2.62. The number of sulfonamides is 1. The van der Waals surface area contributed by atoms with Gasteiger partial charge in [0.2, 0.25) is 21.8 Å². The Labute approximate surface area is 363 Å². The van der Waals surface area contributed by atoms with Crippen LogP contribution >= 0.6 is 11.3 Å². The summed E-state index contributed by atoms with van der Waals surface area (Å²) in [7, 11) is -2.22. The topological polar surface area (TPSA) is 169 Å². The number of aromatic nitrogens is 6. The number of aryl methyl sites for hydroxylation is 1. The van der Waals surface area contributed by atoms with Crippen LogP contribution in [-0.4, -0.2) is 75.7 Å². The molecule has 1 spiro atoms. The fourth-order valence-corrected chi connectivity index (χ4v) is 11.2. The third-order valence-electron chi connectivity index (χ3n) is 12.9. The summed E-state index contributed by atoms with van der Waals surface area (Å²) in [6, 6.07) is 8.08. The first-order valence-electron chi connectivity index (χ1n) is 20.3. The Morgan fingerprint density at radius 2 is 1.77 bits per heavy atom. The smallest absolute Gasteiger partial charge is 0.354 e. The van der Waals surface area contributed by atoms with Gasteiger partial charge in [0.25, 0.3) is 5.92 Å². The lowest BCUT2D eigenvalue weighted by Gasteiger charge is -2.46. The van der Waals surface area contributed by atoms with Crippen LogP contribution in [0.1, 0.15) is 65.9 Å². The molecule has 6 aromatic rings. The molecule has 4 aromatic heterocycles. The number of hydrogen-bond donors (Lipinski definition) is 3. The molecule has 14 nitrogen and oxygen atoms in total. The summed E-state index contributed by atoms with van der Waals surface area (Å²) < 4.78 is 133. The van der Waals surface area contributed by atoms with E-state index in [0.29, 0.717) is 75.1 Å². The molecule has 0 bridgehead atoms. The predicted octanol–water partition coefficient (Wildman–Crippen LogP) is 6.53. The highest BCUT2D eigenvalue weighted by atomic mass is 32.2. The highest BCUT2D eigenvalue weighted by Gasteiger charge is 2.63. The summed E-state index contributed by atoms with van der Waals surface area (Å²) in [6.07, 6.45) is -3.16. The molecule has 2 aromatic carbocycles. The number of benzene rings is 2. The largest absolute Gasteiger partial charge is 0.435 e. The van der Waals surface area contributed by atoms with Crippen LogP contribution in [0.25, 0.3) is 32.4 Å². The molecular weight excluding hydrogens is 894 g/mol. The Morgan fingerprint density at radius 3 is 2.39 bits per heavy atom. The predicted molar refractivity (Wildman–Crippen MR) is 220 cm³/mol. The van der Waals surface area contributed by atoms with Crippen molar-refractivity contribution in [3.05, 3.63) is 82.3 Å². The summed E-state index contributed by atoms with van der Waals surface area (Å²) in [6.45, 7) is 0.572. The zero-order valence-corrected chi connectivity index (χ0v) is 35.5. The number of fused-ring (bicyclic) bond motifs is 5. The quantitative estimate of drug-likeness (QED) is 0.102. The Bertz CT molecular complexity index is 3030. The molecule has 3 fully saturated rings. The molecule has 23 heteroatoms. The molecule has 0 unspecified atom stereocenters. The molecule has 2 saturated heterocycles. The van der Waals surface area contributed by atoms with Crippen molar-refractivity contribution in [3.63, 3.8) is 0 Å². The van der Waals surface area contributed by atoms with E-state index in [-0.39, 0.29) is 47.9 Å². The van der Waals surface area contributed by atoms with Gasteiger partial charge in [-0.25, -0.2) is 22.2 Å². The van der Waals surface area contributed by atoms with E-state index in [0.717, 1.165) is 18.4 Å². The minimum atomic E-state index is -5.08. The van der Waals surface area contributed by atoms with Crippen molar-refractivity contribution in [1.29, 1.82) is 0 Å². The average Bonchev–Trinajstić information content (AvgIpc) is 3.91. The second-order valence-corrected chi connectivity index (χ2v) is 19.8. The lowest BCUT2D eigenvalue weighted by molar-refractivity contribution is -0.144. The number of amides is 2. The molecule has 6 heterocycles.